The van der Waals surface area contributed by atoms with Crippen molar-refractivity contribution in [1.82, 2.24) is 9.80 Å². The number of carbonyl (C=O) groups excluding carboxylic acids is 2. The summed E-state index contributed by atoms with van der Waals surface area (Å²) in [6.45, 7) is 9.66. The molecule has 0 atom stereocenters. The van der Waals surface area contributed by atoms with Crippen molar-refractivity contribution in [3.05, 3.63) is 53.6 Å². The Morgan fingerprint density at radius 2 is 1.65 bits per heavy atom. The molecule has 0 spiro atoms. The number of nitrogens with zero attached hydrogens (tertiary/aromatic N) is 2. The lowest BCUT2D eigenvalue weighted by molar-refractivity contribution is -0.130. The van der Waals surface area contributed by atoms with Crippen LogP contribution in [0.15, 0.2) is 47.4 Å². The van der Waals surface area contributed by atoms with Gasteiger partial charge in [0.2, 0.25) is 11.8 Å². The molecule has 0 radical (unpaired) electrons. The summed E-state index contributed by atoms with van der Waals surface area (Å²) in [4.78, 5) is 30.1. The van der Waals surface area contributed by atoms with Crippen LogP contribution in [0.1, 0.15) is 18.1 Å². The van der Waals surface area contributed by atoms with Gasteiger partial charge in [-0.3, -0.25) is 14.5 Å². The molecule has 1 fully saturated rings. The molecule has 3 rings (SSSR count). The van der Waals surface area contributed by atoms with Gasteiger partial charge in [0.05, 0.1) is 18.9 Å². The Morgan fingerprint density at radius 3 is 2.26 bits per heavy atom. The second kappa shape index (κ2) is 11.2. The lowest BCUT2D eigenvalue weighted by Gasteiger charge is -2.34. The molecule has 7 heteroatoms. The zero-order valence-corrected chi connectivity index (χ0v) is 19.3. The first-order chi connectivity index (χ1) is 15.0. The topological polar surface area (TPSA) is 61.9 Å². The number of hydrogen-bond donors (Lipinski definition) is 1. The average molecular weight is 442 g/mol. The fraction of sp³-hybridized carbons (Fsp3) is 0.417. The van der Waals surface area contributed by atoms with Gasteiger partial charge in [-0.25, -0.2) is 0 Å². The molecule has 2 amide bonds. The van der Waals surface area contributed by atoms with Crippen LogP contribution in [0.2, 0.25) is 0 Å². The highest BCUT2D eigenvalue weighted by Crippen LogP contribution is 2.22. The zero-order valence-electron chi connectivity index (χ0n) is 18.5. The number of hydrogen-bond acceptors (Lipinski definition) is 5. The summed E-state index contributed by atoms with van der Waals surface area (Å²) in [7, 11) is 0. The number of rotatable bonds is 8. The second-order valence-corrected chi connectivity index (χ2v) is 8.71. The quantitative estimate of drug-likeness (QED) is 0.635. The maximum atomic E-state index is 12.6. The number of aryl methyl sites for hydroxylation is 2. The number of thioether (sulfide) groups is 1. The molecule has 6 nitrogen and oxygen atoms in total. The van der Waals surface area contributed by atoms with Gasteiger partial charge in [-0.1, -0.05) is 18.2 Å². The van der Waals surface area contributed by atoms with E-state index in [1.54, 1.807) is 0 Å². The molecule has 166 valence electrons. The molecular formula is C24H31N3O3S. The van der Waals surface area contributed by atoms with E-state index in [1.165, 1.54) is 11.8 Å². The number of anilines is 1. The Morgan fingerprint density at radius 1 is 1.00 bits per heavy atom. The number of ether oxygens (including phenoxy) is 1. The lowest BCUT2D eigenvalue weighted by Crippen LogP contribution is -2.50. The number of benzene rings is 2. The minimum absolute atomic E-state index is 0.0109. The summed E-state index contributed by atoms with van der Waals surface area (Å²) in [5, 5.41) is 3.04. The minimum atomic E-state index is -0.0109. The van der Waals surface area contributed by atoms with Crippen molar-refractivity contribution in [2.24, 2.45) is 0 Å². The SMILES string of the molecule is CCOc1ccc(SCC(=O)N2CCN(CC(=O)Nc3c(C)cccc3C)CC2)cc1. The molecule has 0 bridgehead atoms. The predicted molar refractivity (Wildman–Crippen MR) is 126 cm³/mol. The first-order valence-electron chi connectivity index (χ1n) is 10.7. The maximum absolute atomic E-state index is 12.6. The number of nitrogens with one attached hydrogen (secondary N) is 1. The van der Waals surface area contributed by atoms with E-state index in [-0.39, 0.29) is 11.8 Å². The number of carbonyl (C=O) groups is 2. The minimum Gasteiger partial charge on any atom is -0.494 e. The van der Waals surface area contributed by atoms with Crippen LogP contribution in [0.4, 0.5) is 5.69 Å². The molecule has 2 aromatic carbocycles. The predicted octanol–water partition coefficient (Wildman–Crippen LogP) is 3.58. The summed E-state index contributed by atoms with van der Waals surface area (Å²) >= 11 is 1.54. The monoisotopic (exact) mass is 441 g/mol. The molecule has 0 unspecified atom stereocenters. The van der Waals surface area contributed by atoms with Crippen LogP contribution in [0.5, 0.6) is 5.75 Å². The van der Waals surface area contributed by atoms with E-state index in [0.29, 0.717) is 45.1 Å². The largest absolute Gasteiger partial charge is 0.494 e. The van der Waals surface area contributed by atoms with E-state index < -0.39 is 0 Å². The normalized spacial score (nSPS) is 14.4. The zero-order chi connectivity index (χ0) is 22.2. The Hall–Kier alpha value is -2.51. The summed E-state index contributed by atoms with van der Waals surface area (Å²) < 4.78 is 5.45. The van der Waals surface area contributed by atoms with Gasteiger partial charge in [-0.15, -0.1) is 11.8 Å². The van der Waals surface area contributed by atoms with Crippen molar-refractivity contribution in [3.63, 3.8) is 0 Å². The van der Waals surface area contributed by atoms with Crippen LogP contribution in [0, 0.1) is 13.8 Å². The van der Waals surface area contributed by atoms with Gasteiger partial charge in [0.15, 0.2) is 0 Å². The standard InChI is InChI=1S/C24H31N3O3S/c1-4-30-20-8-10-21(11-9-20)31-17-23(29)27-14-12-26(13-15-27)16-22(28)25-24-18(2)6-5-7-19(24)3/h5-11H,4,12-17H2,1-3H3,(H,25,28). The average Bonchev–Trinajstić information content (AvgIpc) is 2.76. The third-order valence-electron chi connectivity index (χ3n) is 5.33. The van der Waals surface area contributed by atoms with E-state index >= 15 is 0 Å². The molecule has 1 saturated heterocycles. The Kier molecular flexibility index (Phi) is 8.37. The van der Waals surface area contributed by atoms with E-state index in [9.17, 15) is 9.59 Å². The third kappa shape index (κ3) is 6.74. The lowest BCUT2D eigenvalue weighted by atomic mass is 10.1. The van der Waals surface area contributed by atoms with Crippen LogP contribution in [-0.2, 0) is 9.59 Å². The highest BCUT2D eigenvalue weighted by atomic mass is 32.2. The fourth-order valence-corrected chi connectivity index (χ4v) is 4.39. The van der Waals surface area contributed by atoms with Gasteiger partial charge >= 0.3 is 0 Å². The van der Waals surface area contributed by atoms with Crippen LogP contribution in [0.3, 0.4) is 0 Å². The summed E-state index contributed by atoms with van der Waals surface area (Å²) in [5.74, 6) is 1.39. The first kappa shape index (κ1) is 23.2. The third-order valence-corrected chi connectivity index (χ3v) is 6.33. The van der Waals surface area contributed by atoms with Crippen molar-refractivity contribution >= 4 is 29.3 Å². The van der Waals surface area contributed by atoms with Crippen molar-refractivity contribution in [3.8, 4) is 5.75 Å². The van der Waals surface area contributed by atoms with Crippen molar-refractivity contribution in [2.45, 2.75) is 25.7 Å². The highest BCUT2D eigenvalue weighted by Gasteiger charge is 2.22. The van der Waals surface area contributed by atoms with E-state index in [0.717, 1.165) is 27.5 Å². The molecule has 1 heterocycles. The van der Waals surface area contributed by atoms with Gasteiger partial charge < -0.3 is 15.0 Å². The first-order valence-corrected chi connectivity index (χ1v) is 11.7. The molecular weight excluding hydrogens is 410 g/mol. The summed E-state index contributed by atoms with van der Waals surface area (Å²) in [6, 6.07) is 13.8. The summed E-state index contributed by atoms with van der Waals surface area (Å²) in [6.07, 6.45) is 0. The van der Waals surface area contributed by atoms with Gasteiger partial charge in [-0.05, 0) is 56.2 Å². The number of para-hydroxylation sites is 1. The van der Waals surface area contributed by atoms with Crippen LogP contribution >= 0.6 is 11.8 Å². The maximum Gasteiger partial charge on any atom is 0.238 e. The molecule has 1 aliphatic heterocycles. The van der Waals surface area contributed by atoms with E-state index in [4.69, 9.17) is 4.74 Å². The smallest absolute Gasteiger partial charge is 0.238 e. The molecule has 2 aromatic rings. The summed E-state index contributed by atoms with van der Waals surface area (Å²) in [5.41, 5.74) is 3.02. The molecule has 0 aromatic heterocycles. The number of amides is 2. The van der Waals surface area contributed by atoms with Gasteiger partial charge in [0, 0.05) is 36.8 Å². The Labute approximate surface area is 188 Å². The Bertz CT molecular complexity index is 873. The van der Waals surface area contributed by atoms with Gasteiger partial charge in [0.1, 0.15) is 5.75 Å². The Balaban J connectivity index is 1.40. The van der Waals surface area contributed by atoms with Crippen LogP contribution < -0.4 is 10.1 Å². The molecule has 31 heavy (non-hydrogen) atoms. The van der Waals surface area contributed by atoms with Crippen molar-refractivity contribution in [1.29, 1.82) is 0 Å². The van der Waals surface area contributed by atoms with Gasteiger partial charge in [-0.2, -0.15) is 0 Å². The van der Waals surface area contributed by atoms with Crippen LogP contribution in [-0.4, -0.2) is 66.7 Å². The van der Waals surface area contributed by atoms with E-state index in [1.807, 2.05) is 68.1 Å². The van der Waals surface area contributed by atoms with Crippen molar-refractivity contribution < 1.29 is 14.3 Å². The van der Waals surface area contributed by atoms with Crippen LogP contribution in [0.25, 0.3) is 0 Å². The van der Waals surface area contributed by atoms with Crippen molar-refractivity contribution in [2.75, 3.05) is 50.4 Å². The highest BCUT2D eigenvalue weighted by molar-refractivity contribution is 8.00. The molecule has 0 saturated carbocycles. The number of piperazine rings is 1. The molecule has 1 aliphatic rings. The molecule has 0 aliphatic carbocycles. The molecule has 1 N–H and O–H groups in total. The second-order valence-electron chi connectivity index (χ2n) is 7.67. The van der Waals surface area contributed by atoms with Gasteiger partial charge in [0.25, 0.3) is 0 Å². The fourth-order valence-electron chi connectivity index (χ4n) is 3.58. The van der Waals surface area contributed by atoms with E-state index in [2.05, 4.69) is 10.2 Å².